The van der Waals surface area contributed by atoms with Crippen LogP contribution in [0.5, 0.6) is 0 Å². The Balaban J connectivity index is 0.000000175. The molecule has 21 nitrogen and oxygen atoms in total. The summed E-state index contributed by atoms with van der Waals surface area (Å²) < 4.78 is 0.895. The SMILES string of the molecule is C#Cc1cccc(N)c1.C#Cc1cccc(NC(=O)N2CCN(c3ccccc3)C2=O)c1.CC(=O)Nc1ccc(Br)cn1.CC(=O)Nc1ccc(C#Cc2cccc(NC(=O)N3CCN(c4ccccc4)C3=O)c2)cn1.O=C(Cl)N1CCN(c2ccccc2)C1=O. The Morgan fingerprint density at radius 1 is 0.462 bits per heavy atom. The molecule has 6 N–H and O–H groups in total. The fraction of sp³-hybridized carbons (Fsp3) is 0.118. The quantitative estimate of drug-likeness (QED) is 0.0434. The molecule has 0 bridgehead atoms. The van der Waals surface area contributed by atoms with Gasteiger partial charge in [-0.15, -0.1) is 12.8 Å². The minimum atomic E-state index is -0.724. The van der Waals surface area contributed by atoms with Gasteiger partial charge in [0, 0.05) is 113 Å². The van der Waals surface area contributed by atoms with Gasteiger partial charge in [-0.3, -0.25) is 29.1 Å². The van der Waals surface area contributed by atoms with Gasteiger partial charge in [-0.2, -0.15) is 0 Å². The molecule has 5 heterocycles. The van der Waals surface area contributed by atoms with Crippen LogP contribution in [-0.2, 0) is 9.59 Å². The number of nitrogens with two attached hydrogens (primary N) is 1. The maximum absolute atomic E-state index is 12.7. The summed E-state index contributed by atoms with van der Waals surface area (Å²) in [6.45, 7) is 5.26. The van der Waals surface area contributed by atoms with Gasteiger partial charge in [0.05, 0.1) is 13.1 Å². The van der Waals surface area contributed by atoms with Crippen molar-refractivity contribution in [2.24, 2.45) is 0 Å². The Kier molecular flexibility index (Phi) is 24.5. The number of pyridine rings is 2. The number of aromatic nitrogens is 2. The van der Waals surface area contributed by atoms with E-state index >= 15 is 0 Å². The van der Waals surface area contributed by atoms with E-state index in [-0.39, 0.29) is 29.9 Å². The van der Waals surface area contributed by atoms with Gasteiger partial charge in [-0.05, 0) is 143 Å². The van der Waals surface area contributed by atoms with E-state index in [1.807, 2.05) is 115 Å². The smallest absolute Gasteiger partial charge is 0.332 e. The highest BCUT2D eigenvalue weighted by Crippen LogP contribution is 2.24. The van der Waals surface area contributed by atoms with Crippen LogP contribution in [0.15, 0.2) is 205 Å². The van der Waals surface area contributed by atoms with E-state index in [2.05, 4.69) is 70.8 Å². The number of amides is 13. The number of terminal acetylenes is 2. The molecule has 11 rings (SSSR count). The average Bonchev–Trinajstić information content (AvgIpc) is 1.87. The predicted molar refractivity (Wildman–Crippen MR) is 357 cm³/mol. The molecule has 91 heavy (non-hydrogen) atoms. The van der Waals surface area contributed by atoms with Gasteiger partial charge in [0.25, 0.3) is 0 Å². The van der Waals surface area contributed by atoms with Gasteiger partial charge in [0.1, 0.15) is 11.6 Å². The Labute approximate surface area is 539 Å². The van der Waals surface area contributed by atoms with E-state index in [1.54, 1.807) is 95.0 Å². The number of nitrogens with zero attached hydrogens (tertiary/aromatic N) is 8. The van der Waals surface area contributed by atoms with Crippen LogP contribution in [0.1, 0.15) is 36.1 Å². The lowest BCUT2D eigenvalue weighted by molar-refractivity contribution is -0.115. The van der Waals surface area contributed by atoms with E-state index < -0.39 is 17.4 Å². The maximum Gasteiger partial charge on any atom is 0.332 e. The van der Waals surface area contributed by atoms with Crippen molar-refractivity contribution in [3.8, 4) is 36.5 Å². The van der Waals surface area contributed by atoms with E-state index in [4.69, 9.17) is 30.2 Å². The van der Waals surface area contributed by atoms with Crippen molar-refractivity contribution < 1.29 is 38.4 Å². The number of rotatable bonds is 7. The Hall–Kier alpha value is -11.8. The summed E-state index contributed by atoms with van der Waals surface area (Å²) >= 11 is 8.51. The maximum atomic E-state index is 12.7. The minimum Gasteiger partial charge on any atom is -0.399 e. The zero-order chi connectivity index (χ0) is 65.2. The van der Waals surface area contributed by atoms with Crippen LogP contribution in [0.2, 0.25) is 0 Å². The average molecular weight is 1300 g/mol. The molecule has 6 aromatic carbocycles. The Bertz CT molecular complexity index is 4050. The third-order valence-corrected chi connectivity index (χ3v) is 13.5. The lowest BCUT2D eigenvalue weighted by Gasteiger charge is -2.18. The second-order valence-corrected chi connectivity index (χ2v) is 20.6. The van der Waals surface area contributed by atoms with Gasteiger partial charge >= 0.3 is 35.5 Å². The molecule has 3 saturated heterocycles. The van der Waals surface area contributed by atoms with Crippen LogP contribution < -0.4 is 41.7 Å². The van der Waals surface area contributed by atoms with E-state index in [1.165, 1.54) is 28.5 Å². The second-order valence-electron chi connectivity index (χ2n) is 19.4. The number of benzene rings is 6. The number of carbonyl (C=O) groups is 8. The van der Waals surface area contributed by atoms with E-state index in [0.29, 0.717) is 84.7 Å². The number of nitrogen functional groups attached to an aromatic ring is 1. The Morgan fingerprint density at radius 3 is 1.24 bits per heavy atom. The molecule has 0 saturated carbocycles. The zero-order valence-electron chi connectivity index (χ0n) is 49.1. The van der Waals surface area contributed by atoms with E-state index in [9.17, 15) is 38.4 Å². The summed E-state index contributed by atoms with van der Waals surface area (Å²) in [6, 6.07) is 54.0. The van der Waals surface area contributed by atoms with Crippen molar-refractivity contribution in [2.75, 3.05) is 81.0 Å². The summed E-state index contributed by atoms with van der Waals surface area (Å²) in [7, 11) is 0. The highest BCUT2D eigenvalue weighted by Gasteiger charge is 2.36. The van der Waals surface area contributed by atoms with Gasteiger partial charge in [0.15, 0.2) is 0 Å². The number of anilines is 8. The van der Waals surface area contributed by atoms with Crippen molar-refractivity contribution >= 4 is 121 Å². The lowest BCUT2D eigenvalue weighted by Crippen LogP contribution is -2.39. The summed E-state index contributed by atoms with van der Waals surface area (Å²) in [5, 5.41) is 9.91. The van der Waals surface area contributed by atoms with Crippen LogP contribution in [0, 0.1) is 36.5 Å². The molecule has 0 radical (unpaired) electrons. The topological polar surface area (TPSA) is 256 Å². The highest BCUT2D eigenvalue weighted by molar-refractivity contribution is 9.10. The molecule has 3 aliphatic rings. The van der Waals surface area contributed by atoms with Gasteiger partial charge in [-0.25, -0.2) is 48.6 Å². The van der Waals surface area contributed by atoms with Crippen molar-refractivity contribution in [3.63, 3.8) is 0 Å². The number of halogens is 2. The zero-order valence-corrected chi connectivity index (χ0v) is 51.5. The number of nitrogens with one attached hydrogen (secondary N) is 4. The highest BCUT2D eigenvalue weighted by atomic mass is 79.9. The third-order valence-electron chi connectivity index (χ3n) is 12.8. The normalized spacial score (nSPS) is 12.7. The molecule has 0 atom stereocenters. The third kappa shape index (κ3) is 20.1. The first-order valence-corrected chi connectivity index (χ1v) is 28.9. The molecule has 23 heteroatoms. The number of imide groups is 3. The van der Waals surface area contributed by atoms with E-state index in [0.717, 1.165) is 32.0 Å². The number of para-hydroxylation sites is 3. The summed E-state index contributed by atoms with van der Waals surface area (Å²) in [5.74, 6) is 11.7. The molecule has 0 spiro atoms. The van der Waals surface area contributed by atoms with Crippen molar-refractivity contribution in [3.05, 3.63) is 227 Å². The molecule has 0 unspecified atom stereocenters. The van der Waals surface area contributed by atoms with Gasteiger partial charge in [0.2, 0.25) is 11.8 Å². The summed E-state index contributed by atoms with van der Waals surface area (Å²) in [4.78, 5) is 110. The molecule has 8 aromatic rings. The summed E-state index contributed by atoms with van der Waals surface area (Å²) in [5.41, 5.74) is 12.4. The van der Waals surface area contributed by atoms with Gasteiger partial charge < -0.3 is 27.0 Å². The van der Waals surface area contributed by atoms with Crippen LogP contribution in [0.25, 0.3) is 0 Å². The van der Waals surface area contributed by atoms with Crippen molar-refractivity contribution in [1.82, 2.24) is 24.7 Å². The van der Waals surface area contributed by atoms with Crippen molar-refractivity contribution in [1.29, 1.82) is 0 Å². The van der Waals surface area contributed by atoms with Crippen LogP contribution >= 0.6 is 27.5 Å². The summed E-state index contributed by atoms with van der Waals surface area (Å²) in [6.07, 6.45) is 13.7. The first-order valence-electron chi connectivity index (χ1n) is 27.8. The predicted octanol–water partition coefficient (Wildman–Crippen LogP) is 12.4. The standard InChI is InChI=1S/C25H21N5O3.C18H15N3O2.C10H9ClN2O2.C8H7N.C7H7BrN2O/c1-18(31)27-23-13-12-20(17-26-23)11-10-19-6-5-7-21(16-19)28-24(32)30-15-14-29(25(30)33)22-8-3-2-4-9-22;1-2-14-7-6-8-15(13-14)19-17(22)21-12-11-20(18(21)23)16-9-4-3-5-10-16;11-9(14)13-7-6-12(10(13)15)8-4-2-1-3-5-8;1-2-7-4-3-5-8(9)6-7;1-5(11)10-7-3-2-6(8)4-9-7/h2-9,12-13,16-17H,14-15H2,1H3,(H,28,32)(H,26,27,31);1,3-10,13H,11-12H2,(H,19,22);1-5H,6-7H2;1,3-6H,9H2;2-4H,1H3,(H,9,10,11). The number of hydrogen-bond donors (Lipinski definition) is 5. The molecule has 13 amide bonds. The molecule has 2 aromatic heterocycles. The number of hydrogen-bond acceptors (Lipinski definition) is 11. The minimum absolute atomic E-state index is 0.111. The molecular weight excluding hydrogens is 1240 g/mol. The monoisotopic (exact) mass is 1300 g/mol. The Morgan fingerprint density at radius 2 is 0.857 bits per heavy atom. The molecular formula is C68H59BrClN13O8. The number of carbonyl (C=O) groups excluding carboxylic acids is 8. The molecule has 458 valence electrons. The van der Waals surface area contributed by atoms with Crippen LogP contribution in [0.4, 0.5) is 74.5 Å². The molecule has 3 aliphatic heterocycles. The number of urea groups is 5. The first kappa shape index (κ1) is 66.8. The van der Waals surface area contributed by atoms with Gasteiger partial charge in [-0.1, -0.05) is 96.5 Å². The van der Waals surface area contributed by atoms with Crippen LogP contribution in [-0.4, -0.2) is 111 Å². The molecule has 3 fully saturated rings. The van der Waals surface area contributed by atoms with Crippen LogP contribution in [0.3, 0.4) is 0 Å². The van der Waals surface area contributed by atoms with Crippen molar-refractivity contribution in [2.45, 2.75) is 13.8 Å². The second kappa shape index (κ2) is 33.4. The largest absolute Gasteiger partial charge is 0.399 e. The first-order chi connectivity index (χ1) is 43.9. The fourth-order valence-electron chi connectivity index (χ4n) is 8.56. The molecule has 0 aliphatic carbocycles. The fourth-order valence-corrected chi connectivity index (χ4v) is 8.95. The lowest BCUT2D eigenvalue weighted by atomic mass is 10.2.